The van der Waals surface area contributed by atoms with Crippen LogP contribution in [0.5, 0.6) is 0 Å². The van der Waals surface area contributed by atoms with Crippen molar-refractivity contribution in [3.05, 3.63) is 65.2 Å². The SMILES string of the molecule is CCNC(=NCc1ccc(N2CCOCC2)c(F)c1)NCC1(c2cccc(F)c2)CC1.I. The molecular formula is C24H31F2IN4O. The van der Waals surface area contributed by atoms with Gasteiger partial charge in [0.1, 0.15) is 11.6 Å². The first-order valence-electron chi connectivity index (χ1n) is 11.0. The quantitative estimate of drug-likeness (QED) is 0.305. The number of guanidine groups is 1. The molecule has 2 aliphatic rings. The van der Waals surface area contributed by atoms with Crippen LogP contribution in [0.2, 0.25) is 0 Å². The molecule has 0 atom stereocenters. The Balaban J connectivity index is 0.00000289. The molecule has 0 bridgehead atoms. The van der Waals surface area contributed by atoms with Crippen molar-refractivity contribution in [2.45, 2.75) is 31.7 Å². The summed E-state index contributed by atoms with van der Waals surface area (Å²) in [5.74, 6) is 0.255. The molecule has 2 aromatic carbocycles. The average molecular weight is 556 g/mol. The Morgan fingerprint density at radius 2 is 1.88 bits per heavy atom. The van der Waals surface area contributed by atoms with E-state index in [4.69, 9.17) is 4.74 Å². The van der Waals surface area contributed by atoms with Crippen molar-refractivity contribution in [3.8, 4) is 0 Å². The summed E-state index contributed by atoms with van der Waals surface area (Å²) in [6.07, 6.45) is 2.05. The number of morpholine rings is 1. The van der Waals surface area contributed by atoms with E-state index in [1.165, 1.54) is 6.07 Å². The van der Waals surface area contributed by atoms with Crippen molar-refractivity contribution in [1.82, 2.24) is 10.6 Å². The van der Waals surface area contributed by atoms with Gasteiger partial charge in [-0.1, -0.05) is 18.2 Å². The predicted octanol–water partition coefficient (Wildman–Crippen LogP) is 4.21. The number of benzene rings is 2. The molecule has 1 heterocycles. The molecule has 0 unspecified atom stereocenters. The Kier molecular flexibility index (Phi) is 8.70. The van der Waals surface area contributed by atoms with Crippen LogP contribution in [0.3, 0.4) is 0 Å². The predicted molar refractivity (Wildman–Crippen MR) is 135 cm³/mol. The van der Waals surface area contributed by atoms with E-state index in [0.717, 1.165) is 30.5 Å². The van der Waals surface area contributed by atoms with Gasteiger partial charge in [-0.05, 0) is 55.2 Å². The van der Waals surface area contributed by atoms with Gasteiger partial charge in [-0.2, -0.15) is 0 Å². The highest BCUT2D eigenvalue weighted by molar-refractivity contribution is 14.0. The van der Waals surface area contributed by atoms with Crippen molar-refractivity contribution in [3.63, 3.8) is 0 Å². The van der Waals surface area contributed by atoms with E-state index < -0.39 is 0 Å². The van der Waals surface area contributed by atoms with Crippen LogP contribution >= 0.6 is 24.0 Å². The molecular weight excluding hydrogens is 525 g/mol. The number of ether oxygens (including phenoxy) is 1. The smallest absolute Gasteiger partial charge is 0.191 e. The highest BCUT2D eigenvalue weighted by atomic mass is 127. The van der Waals surface area contributed by atoms with Gasteiger partial charge < -0.3 is 20.3 Å². The molecule has 0 aromatic heterocycles. The summed E-state index contributed by atoms with van der Waals surface area (Å²) in [5.41, 5.74) is 2.42. The first-order valence-corrected chi connectivity index (χ1v) is 11.0. The molecule has 1 saturated carbocycles. The summed E-state index contributed by atoms with van der Waals surface area (Å²) in [5, 5.41) is 6.63. The van der Waals surface area contributed by atoms with Crippen molar-refractivity contribution >= 4 is 35.6 Å². The second-order valence-corrected chi connectivity index (χ2v) is 8.22. The van der Waals surface area contributed by atoms with Crippen LogP contribution in [-0.4, -0.2) is 45.4 Å². The van der Waals surface area contributed by atoms with Gasteiger partial charge in [0.15, 0.2) is 5.96 Å². The number of rotatable bonds is 7. The van der Waals surface area contributed by atoms with Crippen LogP contribution in [0.1, 0.15) is 30.9 Å². The summed E-state index contributed by atoms with van der Waals surface area (Å²) >= 11 is 0. The molecule has 5 nitrogen and oxygen atoms in total. The third-order valence-electron chi connectivity index (χ3n) is 6.01. The third kappa shape index (κ3) is 6.10. The maximum Gasteiger partial charge on any atom is 0.191 e. The van der Waals surface area contributed by atoms with E-state index in [1.54, 1.807) is 18.2 Å². The molecule has 174 valence electrons. The maximum atomic E-state index is 14.6. The molecule has 2 N–H and O–H groups in total. The second kappa shape index (κ2) is 11.3. The molecule has 1 aliphatic carbocycles. The van der Waals surface area contributed by atoms with Gasteiger partial charge in [0.05, 0.1) is 25.4 Å². The van der Waals surface area contributed by atoms with Crippen LogP contribution in [-0.2, 0) is 16.7 Å². The zero-order valence-electron chi connectivity index (χ0n) is 18.4. The summed E-state index contributed by atoms with van der Waals surface area (Å²) < 4.78 is 33.6. The van der Waals surface area contributed by atoms with E-state index in [9.17, 15) is 8.78 Å². The minimum Gasteiger partial charge on any atom is -0.378 e. The summed E-state index contributed by atoms with van der Waals surface area (Å²) in [7, 11) is 0. The van der Waals surface area contributed by atoms with Gasteiger partial charge in [-0.3, -0.25) is 0 Å². The zero-order chi connectivity index (χ0) is 21.7. The zero-order valence-corrected chi connectivity index (χ0v) is 20.7. The highest BCUT2D eigenvalue weighted by Crippen LogP contribution is 2.47. The molecule has 1 saturated heterocycles. The van der Waals surface area contributed by atoms with Gasteiger partial charge in [0.2, 0.25) is 0 Å². The lowest BCUT2D eigenvalue weighted by Gasteiger charge is -2.29. The fraction of sp³-hybridized carbons (Fsp3) is 0.458. The van der Waals surface area contributed by atoms with E-state index in [1.807, 2.05) is 30.0 Å². The third-order valence-corrected chi connectivity index (χ3v) is 6.01. The highest BCUT2D eigenvalue weighted by Gasteiger charge is 2.44. The standard InChI is InChI=1S/C24H30F2N4O.HI/c1-2-27-23(29-17-24(8-9-24)19-4-3-5-20(25)15-19)28-16-18-6-7-22(21(26)14-18)30-10-12-31-13-11-30;/h3-7,14-15H,2,8-13,16-17H2,1H3,(H2,27,28,29);1H. The van der Waals surface area contributed by atoms with Crippen LogP contribution in [0.25, 0.3) is 0 Å². The molecule has 0 radical (unpaired) electrons. The Morgan fingerprint density at radius 1 is 1.09 bits per heavy atom. The lowest BCUT2D eigenvalue weighted by atomic mass is 9.96. The molecule has 8 heteroatoms. The summed E-state index contributed by atoms with van der Waals surface area (Å²) in [4.78, 5) is 6.64. The first kappa shape index (κ1) is 24.7. The van der Waals surface area contributed by atoms with Crippen molar-refractivity contribution in [2.24, 2.45) is 4.99 Å². The molecule has 0 spiro atoms. The van der Waals surface area contributed by atoms with Gasteiger partial charge in [-0.25, -0.2) is 13.8 Å². The van der Waals surface area contributed by atoms with Crippen LogP contribution in [0, 0.1) is 11.6 Å². The normalized spacial score (nSPS) is 17.5. The maximum absolute atomic E-state index is 14.6. The number of nitrogens with zero attached hydrogens (tertiary/aromatic N) is 2. The van der Waals surface area contributed by atoms with E-state index in [-0.39, 0.29) is 41.0 Å². The topological polar surface area (TPSA) is 48.9 Å². The van der Waals surface area contributed by atoms with E-state index >= 15 is 0 Å². The number of nitrogens with one attached hydrogen (secondary N) is 2. The van der Waals surface area contributed by atoms with Crippen LogP contribution in [0.4, 0.5) is 14.5 Å². The molecule has 0 amide bonds. The lowest BCUT2D eigenvalue weighted by molar-refractivity contribution is 0.122. The number of hydrogen-bond donors (Lipinski definition) is 2. The van der Waals surface area contributed by atoms with Crippen LogP contribution < -0.4 is 15.5 Å². The summed E-state index contributed by atoms with van der Waals surface area (Å²) in [6, 6.07) is 12.2. The van der Waals surface area contributed by atoms with Crippen LogP contribution in [0.15, 0.2) is 47.5 Å². The van der Waals surface area contributed by atoms with Gasteiger partial charge >= 0.3 is 0 Å². The molecule has 1 aliphatic heterocycles. The number of halogens is 3. The van der Waals surface area contributed by atoms with Gasteiger partial charge in [-0.15, -0.1) is 24.0 Å². The second-order valence-electron chi connectivity index (χ2n) is 8.22. The van der Waals surface area contributed by atoms with Crippen molar-refractivity contribution in [1.29, 1.82) is 0 Å². The molecule has 4 rings (SSSR count). The van der Waals surface area contributed by atoms with E-state index in [2.05, 4.69) is 15.6 Å². The Morgan fingerprint density at radius 3 is 2.53 bits per heavy atom. The molecule has 32 heavy (non-hydrogen) atoms. The number of aliphatic imine (C=N–C) groups is 1. The summed E-state index contributed by atoms with van der Waals surface area (Å²) in [6.45, 7) is 6.46. The molecule has 2 fully saturated rings. The minimum atomic E-state index is -0.226. The Bertz CT molecular complexity index is 930. The average Bonchev–Trinajstić information content (AvgIpc) is 3.58. The van der Waals surface area contributed by atoms with E-state index in [0.29, 0.717) is 51.0 Å². The van der Waals surface area contributed by atoms with Gasteiger partial charge in [0.25, 0.3) is 0 Å². The fourth-order valence-corrected chi connectivity index (χ4v) is 4.01. The lowest BCUT2D eigenvalue weighted by Crippen LogP contribution is -2.41. The van der Waals surface area contributed by atoms with Crippen molar-refractivity contribution in [2.75, 3.05) is 44.3 Å². The fourth-order valence-electron chi connectivity index (χ4n) is 4.01. The Labute approximate surface area is 205 Å². The minimum absolute atomic E-state index is 0. The Hall–Kier alpha value is -1.94. The monoisotopic (exact) mass is 556 g/mol. The molecule has 2 aromatic rings. The largest absolute Gasteiger partial charge is 0.378 e. The first-order chi connectivity index (χ1) is 15.1. The van der Waals surface area contributed by atoms with Gasteiger partial charge in [0, 0.05) is 31.6 Å². The van der Waals surface area contributed by atoms with Crippen molar-refractivity contribution < 1.29 is 13.5 Å². The number of anilines is 1. The number of hydrogen-bond acceptors (Lipinski definition) is 3.